The SMILES string of the molecule is NC(=S)C1CCN(CCc2ccc3c(c2)CCO3)CC1. The van der Waals surface area contributed by atoms with Crippen molar-refractivity contribution in [1.82, 2.24) is 4.90 Å². The highest BCUT2D eigenvalue weighted by atomic mass is 32.1. The molecule has 2 heterocycles. The Balaban J connectivity index is 1.49. The first-order valence-electron chi connectivity index (χ1n) is 7.48. The third-order valence-electron chi connectivity index (χ3n) is 4.46. The molecule has 1 aromatic carbocycles. The van der Waals surface area contributed by atoms with Crippen molar-refractivity contribution < 1.29 is 4.74 Å². The first-order valence-corrected chi connectivity index (χ1v) is 7.89. The van der Waals surface area contributed by atoms with E-state index in [1.165, 1.54) is 11.1 Å². The van der Waals surface area contributed by atoms with E-state index in [0.717, 1.165) is 57.7 Å². The smallest absolute Gasteiger partial charge is 0.122 e. The highest BCUT2D eigenvalue weighted by Crippen LogP contribution is 2.26. The molecule has 3 rings (SSSR count). The van der Waals surface area contributed by atoms with Crippen LogP contribution in [0.25, 0.3) is 0 Å². The fourth-order valence-corrected chi connectivity index (χ4v) is 3.36. The van der Waals surface area contributed by atoms with Gasteiger partial charge in [-0.05, 0) is 49.5 Å². The summed E-state index contributed by atoms with van der Waals surface area (Å²) in [5.41, 5.74) is 8.52. The molecule has 4 heteroatoms. The van der Waals surface area contributed by atoms with Gasteiger partial charge in [-0.15, -0.1) is 0 Å². The Morgan fingerprint density at radius 2 is 2.15 bits per heavy atom. The Bertz CT molecular complexity index is 495. The fraction of sp³-hybridized carbons (Fsp3) is 0.562. The third kappa shape index (κ3) is 3.13. The van der Waals surface area contributed by atoms with Crippen LogP contribution in [0, 0.1) is 5.92 Å². The molecule has 1 aromatic rings. The predicted octanol–water partition coefficient (Wildman–Crippen LogP) is 2.16. The Hall–Kier alpha value is -1.13. The number of nitrogens with zero attached hydrogens (tertiary/aromatic N) is 1. The van der Waals surface area contributed by atoms with E-state index in [9.17, 15) is 0 Å². The van der Waals surface area contributed by atoms with Crippen LogP contribution in [0.15, 0.2) is 18.2 Å². The zero-order valence-electron chi connectivity index (χ0n) is 11.8. The zero-order chi connectivity index (χ0) is 13.9. The lowest BCUT2D eigenvalue weighted by Crippen LogP contribution is -2.38. The van der Waals surface area contributed by atoms with E-state index < -0.39 is 0 Å². The normalized spacial score (nSPS) is 19.6. The van der Waals surface area contributed by atoms with Crippen molar-refractivity contribution in [1.29, 1.82) is 0 Å². The Morgan fingerprint density at radius 1 is 1.35 bits per heavy atom. The van der Waals surface area contributed by atoms with Crippen molar-refractivity contribution in [3.05, 3.63) is 29.3 Å². The molecule has 2 aliphatic rings. The van der Waals surface area contributed by atoms with Gasteiger partial charge in [0.25, 0.3) is 0 Å². The average molecular weight is 290 g/mol. The number of hydrogen-bond donors (Lipinski definition) is 1. The zero-order valence-corrected chi connectivity index (χ0v) is 12.6. The maximum atomic E-state index is 5.73. The van der Waals surface area contributed by atoms with E-state index in [0.29, 0.717) is 10.9 Å². The summed E-state index contributed by atoms with van der Waals surface area (Å²) in [6.07, 6.45) is 4.41. The van der Waals surface area contributed by atoms with Crippen molar-refractivity contribution in [3.8, 4) is 5.75 Å². The van der Waals surface area contributed by atoms with Gasteiger partial charge in [0.15, 0.2) is 0 Å². The standard InChI is InChI=1S/C16H22N2OS/c17-16(20)13-4-8-18(9-5-13)7-3-12-1-2-15-14(11-12)6-10-19-15/h1-2,11,13H,3-10H2,(H2,17,20). The summed E-state index contributed by atoms with van der Waals surface area (Å²) >= 11 is 5.09. The maximum absolute atomic E-state index is 5.73. The largest absolute Gasteiger partial charge is 0.493 e. The molecule has 0 unspecified atom stereocenters. The minimum absolute atomic E-state index is 0.457. The Kier molecular flexibility index (Phi) is 4.22. The number of hydrogen-bond acceptors (Lipinski definition) is 3. The van der Waals surface area contributed by atoms with Crippen LogP contribution in [0.5, 0.6) is 5.75 Å². The lowest BCUT2D eigenvalue weighted by atomic mass is 9.96. The summed E-state index contributed by atoms with van der Waals surface area (Å²) in [5, 5.41) is 0. The maximum Gasteiger partial charge on any atom is 0.122 e. The van der Waals surface area contributed by atoms with E-state index >= 15 is 0 Å². The quantitative estimate of drug-likeness (QED) is 0.863. The molecule has 0 spiro atoms. The van der Waals surface area contributed by atoms with Gasteiger partial charge >= 0.3 is 0 Å². The summed E-state index contributed by atoms with van der Waals surface area (Å²) in [6.45, 7) is 4.21. The molecular weight excluding hydrogens is 268 g/mol. The molecule has 2 aliphatic heterocycles. The number of ether oxygens (including phenoxy) is 1. The molecule has 0 bridgehead atoms. The second-order valence-electron chi connectivity index (χ2n) is 5.81. The minimum Gasteiger partial charge on any atom is -0.493 e. The number of rotatable bonds is 4. The topological polar surface area (TPSA) is 38.5 Å². The Morgan fingerprint density at radius 3 is 2.90 bits per heavy atom. The van der Waals surface area contributed by atoms with Crippen LogP contribution in [0.2, 0.25) is 0 Å². The summed E-state index contributed by atoms with van der Waals surface area (Å²) in [6, 6.07) is 6.63. The number of piperidine rings is 1. The van der Waals surface area contributed by atoms with Crippen LogP contribution < -0.4 is 10.5 Å². The molecule has 0 amide bonds. The van der Waals surface area contributed by atoms with Crippen molar-refractivity contribution in [3.63, 3.8) is 0 Å². The van der Waals surface area contributed by atoms with Gasteiger partial charge in [0.1, 0.15) is 5.75 Å². The van der Waals surface area contributed by atoms with Crippen LogP contribution in [0.1, 0.15) is 24.0 Å². The molecule has 0 aliphatic carbocycles. The van der Waals surface area contributed by atoms with E-state index in [-0.39, 0.29) is 0 Å². The molecule has 0 saturated carbocycles. The van der Waals surface area contributed by atoms with Crippen molar-refractivity contribution >= 4 is 17.2 Å². The van der Waals surface area contributed by atoms with Crippen LogP contribution >= 0.6 is 12.2 Å². The molecule has 2 N–H and O–H groups in total. The van der Waals surface area contributed by atoms with E-state index in [1.807, 2.05) is 0 Å². The van der Waals surface area contributed by atoms with Crippen LogP contribution in [0.3, 0.4) is 0 Å². The van der Waals surface area contributed by atoms with E-state index in [4.69, 9.17) is 22.7 Å². The summed E-state index contributed by atoms with van der Waals surface area (Å²) < 4.78 is 5.55. The van der Waals surface area contributed by atoms with Gasteiger partial charge in [0.05, 0.1) is 11.6 Å². The number of benzene rings is 1. The van der Waals surface area contributed by atoms with Gasteiger partial charge in [0.2, 0.25) is 0 Å². The number of likely N-dealkylation sites (tertiary alicyclic amines) is 1. The van der Waals surface area contributed by atoms with E-state index in [1.54, 1.807) is 0 Å². The molecule has 3 nitrogen and oxygen atoms in total. The fourth-order valence-electron chi connectivity index (χ4n) is 3.12. The second-order valence-corrected chi connectivity index (χ2v) is 6.28. The van der Waals surface area contributed by atoms with Crippen LogP contribution in [-0.2, 0) is 12.8 Å². The number of thiocarbonyl (C=S) groups is 1. The molecule has 0 radical (unpaired) electrons. The molecule has 1 saturated heterocycles. The molecule has 108 valence electrons. The monoisotopic (exact) mass is 290 g/mol. The highest BCUT2D eigenvalue weighted by molar-refractivity contribution is 7.80. The molecule has 0 atom stereocenters. The third-order valence-corrected chi connectivity index (χ3v) is 4.79. The average Bonchev–Trinajstić information content (AvgIpc) is 2.93. The molecular formula is C16H22N2OS. The van der Waals surface area contributed by atoms with Crippen molar-refractivity contribution in [2.24, 2.45) is 11.7 Å². The van der Waals surface area contributed by atoms with Gasteiger partial charge in [-0.2, -0.15) is 0 Å². The van der Waals surface area contributed by atoms with Crippen LogP contribution in [0.4, 0.5) is 0 Å². The Labute approximate surface area is 126 Å². The number of nitrogens with two attached hydrogens (primary N) is 1. The molecule has 20 heavy (non-hydrogen) atoms. The van der Waals surface area contributed by atoms with Crippen molar-refractivity contribution in [2.45, 2.75) is 25.7 Å². The van der Waals surface area contributed by atoms with Gasteiger partial charge < -0.3 is 15.4 Å². The summed E-state index contributed by atoms with van der Waals surface area (Å²) in [5.74, 6) is 1.53. The van der Waals surface area contributed by atoms with Gasteiger partial charge in [-0.25, -0.2) is 0 Å². The second kappa shape index (κ2) is 6.10. The molecule has 1 fully saturated rings. The lowest BCUT2D eigenvalue weighted by molar-refractivity contribution is 0.212. The lowest BCUT2D eigenvalue weighted by Gasteiger charge is -2.31. The first kappa shape index (κ1) is 13.8. The predicted molar refractivity (Wildman–Crippen MR) is 85.3 cm³/mol. The number of fused-ring (bicyclic) bond motifs is 1. The van der Waals surface area contributed by atoms with E-state index in [2.05, 4.69) is 23.1 Å². The minimum atomic E-state index is 0.457. The first-order chi connectivity index (χ1) is 9.72. The van der Waals surface area contributed by atoms with Gasteiger partial charge in [-0.1, -0.05) is 24.4 Å². The van der Waals surface area contributed by atoms with Crippen LogP contribution in [-0.4, -0.2) is 36.1 Å². The summed E-state index contributed by atoms with van der Waals surface area (Å²) in [7, 11) is 0. The highest BCUT2D eigenvalue weighted by Gasteiger charge is 2.20. The molecule has 0 aromatic heterocycles. The van der Waals surface area contributed by atoms with Crippen molar-refractivity contribution in [2.75, 3.05) is 26.2 Å². The van der Waals surface area contributed by atoms with Gasteiger partial charge in [-0.3, -0.25) is 0 Å². The van der Waals surface area contributed by atoms with Gasteiger partial charge in [0, 0.05) is 18.9 Å². The summed E-state index contributed by atoms with van der Waals surface area (Å²) in [4.78, 5) is 3.22.